The second-order valence-electron chi connectivity index (χ2n) is 7.42. The Morgan fingerprint density at radius 3 is 2.67 bits per heavy atom. The molecule has 0 bridgehead atoms. The molecule has 0 radical (unpaired) electrons. The monoisotopic (exact) mass is 365 g/mol. The number of aromatic hydroxyl groups is 1. The molecule has 1 saturated heterocycles. The Bertz CT molecular complexity index is 896. The van der Waals surface area contributed by atoms with Crippen molar-refractivity contribution in [1.29, 1.82) is 5.26 Å². The number of aryl methyl sites for hydroxylation is 1. The third kappa shape index (κ3) is 4.06. The molecule has 3 rings (SSSR count). The van der Waals surface area contributed by atoms with Gasteiger partial charge in [-0.1, -0.05) is 36.8 Å². The highest BCUT2D eigenvalue weighted by molar-refractivity contribution is 5.45. The molecular weight excluding hydrogens is 338 g/mol. The predicted octanol–water partition coefficient (Wildman–Crippen LogP) is 3.35. The molecule has 27 heavy (non-hydrogen) atoms. The van der Waals surface area contributed by atoms with Crippen molar-refractivity contribution in [2.24, 2.45) is 0 Å². The van der Waals surface area contributed by atoms with Gasteiger partial charge in [-0.25, -0.2) is 0 Å². The van der Waals surface area contributed by atoms with Gasteiger partial charge in [0.1, 0.15) is 11.6 Å². The topological polar surface area (TPSA) is 69.3 Å². The van der Waals surface area contributed by atoms with Crippen molar-refractivity contribution in [1.82, 2.24) is 9.47 Å². The van der Waals surface area contributed by atoms with Crippen LogP contribution < -0.4 is 5.56 Å². The molecule has 1 aliphatic rings. The lowest BCUT2D eigenvalue weighted by Crippen LogP contribution is -2.37. The molecule has 1 N–H and O–H groups in total. The molecule has 0 spiro atoms. The minimum Gasteiger partial charge on any atom is -0.494 e. The van der Waals surface area contributed by atoms with Crippen molar-refractivity contribution in [3.8, 4) is 11.9 Å². The smallest absolute Gasteiger partial charge is 0.271 e. The minimum absolute atomic E-state index is 0.00482. The molecule has 1 aromatic carbocycles. The van der Waals surface area contributed by atoms with Gasteiger partial charge in [-0.2, -0.15) is 5.26 Å². The highest BCUT2D eigenvalue weighted by Gasteiger charge is 2.24. The predicted molar refractivity (Wildman–Crippen MR) is 106 cm³/mol. The number of nitriles is 1. The van der Waals surface area contributed by atoms with Crippen LogP contribution in [0.15, 0.2) is 35.1 Å². The molecule has 1 fully saturated rings. The number of aromatic nitrogens is 1. The molecule has 2 heterocycles. The van der Waals surface area contributed by atoms with Crippen molar-refractivity contribution >= 4 is 0 Å². The summed E-state index contributed by atoms with van der Waals surface area (Å²) >= 11 is 0. The Morgan fingerprint density at radius 2 is 2.00 bits per heavy atom. The van der Waals surface area contributed by atoms with Crippen LogP contribution in [0.25, 0.3) is 0 Å². The van der Waals surface area contributed by atoms with Crippen molar-refractivity contribution in [3.05, 3.63) is 62.9 Å². The Hall–Kier alpha value is -2.58. The van der Waals surface area contributed by atoms with E-state index in [2.05, 4.69) is 17.9 Å². The van der Waals surface area contributed by atoms with E-state index in [1.807, 2.05) is 30.3 Å². The van der Waals surface area contributed by atoms with E-state index in [9.17, 15) is 15.2 Å². The van der Waals surface area contributed by atoms with Crippen LogP contribution in [0.3, 0.4) is 0 Å². The van der Waals surface area contributed by atoms with Crippen LogP contribution in [0, 0.1) is 18.3 Å². The third-order valence-corrected chi connectivity index (χ3v) is 5.69. The summed E-state index contributed by atoms with van der Waals surface area (Å²) in [6, 6.07) is 12.3. The largest absolute Gasteiger partial charge is 0.494 e. The molecule has 1 aromatic heterocycles. The van der Waals surface area contributed by atoms with Crippen LogP contribution in [0.5, 0.6) is 5.88 Å². The molecule has 1 atom stereocenters. The van der Waals surface area contributed by atoms with Gasteiger partial charge in [0.25, 0.3) is 5.56 Å². The first-order chi connectivity index (χ1) is 13.0. The van der Waals surface area contributed by atoms with Crippen LogP contribution in [-0.2, 0) is 19.5 Å². The number of benzene rings is 1. The zero-order valence-corrected chi connectivity index (χ0v) is 16.1. The van der Waals surface area contributed by atoms with Gasteiger partial charge in [0.2, 0.25) is 0 Å². The summed E-state index contributed by atoms with van der Waals surface area (Å²) in [4.78, 5) is 15.1. The summed E-state index contributed by atoms with van der Waals surface area (Å²) in [5.41, 5.74) is 2.13. The molecule has 142 valence electrons. The first kappa shape index (κ1) is 19.2. The Kier molecular flexibility index (Phi) is 5.98. The van der Waals surface area contributed by atoms with Gasteiger partial charge in [-0.15, -0.1) is 0 Å². The summed E-state index contributed by atoms with van der Waals surface area (Å²) in [7, 11) is 0. The maximum absolute atomic E-state index is 12.7. The number of nitrogens with zero attached hydrogens (tertiary/aromatic N) is 3. The third-order valence-electron chi connectivity index (χ3n) is 5.69. The van der Waals surface area contributed by atoms with E-state index in [0.29, 0.717) is 36.7 Å². The second-order valence-corrected chi connectivity index (χ2v) is 7.42. The molecule has 2 aromatic rings. The lowest BCUT2D eigenvalue weighted by molar-refractivity contribution is 0.150. The van der Waals surface area contributed by atoms with Gasteiger partial charge in [0.15, 0.2) is 5.88 Å². The van der Waals surface area contributed by atoms with Crippen molar-refractivity contribution < 1.29 is 5.11 Å². The van der Waals surface area contributed by atoms with Gasteiger partial charge >= 0.3 is 0 Å². The van der Waals surface area contributed by atoms with E-state index >= 15 is 0 Å². The van der Waals surface area contributed by atoms with Gasteiger partial charge in [-0.05, 0) is 50.8 Å². The number of likely N-dealkylation sites (tertiary alicyclic amines) is 1. The zero-order valence-electron chi connectivity index (χ0n) is 16.1. The summed E-state index contributed by atoms with van der Waals surface area (Å²) in [5, 5.41) is 20.4. The molecule has 0 aliphatic carbocycles. The van der Waals surface area contributed by atoms with Crippen LogP contribution in [0.1, 0.15) is 48.4 Å². The van der Waals surface area contributed by atoms with E-state index in [-0.39, 0.29) is 11.4 Å². The fourth-order valence-corrected chi connectivity index (χ4v) is 3.88. The van der Waals surface area contributed by atoms with E-state index < -0.39 is 5.56 Å². The fraction of sp³-hybridized carbons (Fsp3) is 0.455. The average molecular weight is 365 g/mol. The maximum atomic E-state index is 12.7. The first-order valence-electron chi connectivity index (χ1n) is 9.66. The maximum Gasteiger partial charge on any atom is 0.271 e. The van der Waals surface area contributed by atoms with E-state index in [1.165, 1.54) is 11.0 Å². The lowest BCUT2D eigenvalue weighted by Gasteiger charge is -2.34. The number of hydrogen-bond acceptors (Lipinski definition) is 4. The van der Waals surface area contributed by atoms with Crippen LogP contribution in [-0.4, -0.2) is 27.2 Å². The SMILES string of the molecule is Cc1c(CN2CCCCC2C)c(O)n(CCc2ccccc2)c(=O)c1C#N. The molecule has 0 saturated carbocycles. The van der Waals surface area contributed by atoms with Gasteiger partial charge in [0.05, 0.1) is 0 Å². The standard InChI is InChI=1S/C22H27N3O2/c1-16-8-6-7-12-24(16)15-20-17(2)19(14-23)21(26)25(22(20)27)13-11-18-9-4-3-5-10-18/h3-5,9-10,16,27H,6-8,11-13,15H2,1-2H3. The van der Waals surface area contributed by atoms with Crippen LogP contribution >= 0.6 is 0 Å². The highest BCUT2D eigenvalue weighted by Crippen LogP contribution is 2.27. The highest BCUT2D eigenvalue weighted by atomic mass is 16.3. The van der Waals surface area contributed by atoms with Crippen LogP contribution in [0.4, 0.5) is 0 Å². The summed E-state index contributed by atoms with van der Waals surface area (Å²) in [5.74, 6) is 0.00482. The van der Waals surface area contributed by atoms with E-state index in [1.54, 1.807) is 6.92 Å². The summed E-state index contributed by atoms with van der Waals surface area (Å²) in [6.45, 7) is 5.86. The quantitative estimate of drug-likeness (QED) is 0.882. The fourth-order valence-electron chi connectivity index (χ4n) is 3.88. The lowest BCUT2D eigenvalue weighted by atomic mass is 10.00. The summed E-state index contributed by atoms with van der Waals surface area (Å²) in [6.07, 6.45) is 4.13. The van der Waals surface area contributed by atoms with E-state index in [4.69, 9.17) is 0 Å². The Morgan fingerprint density at radius 1 is 1.26 bits per heavy atom. The Balaban J connectivity index is 1.95. The molecule has 1 aliphatic heterocycles. The molecular formula is C22H27N3O2. The minimum atomic E-state index is -0.404. The zero-order chi connectivity index (χ0) is 19.4. The van der Waals surface area contributed by atoms with Gasteiger partial charge in [0, 0.05) is 24.7 Å². The second kappa shape index (κ2) is 8.41. The van der Waals surface area contributed by atoms with E-state index in [0.717, 1.165) is 24.9 Å². The van der Waals surface area contributed by atoms with Crippen molar-refractivity contribution in [2.45, 2.75) is 58.7 Å². The number of hydrogen-bond donors (Lipinski definition) is 1. The van der Waals surface area contributed by atoms with Gasteiger partial charge < -0.3 is 5.11 Å². The molecule has 0 amide bonds. The number of pyridine rings is 1. The Labute approximate surface area is 160 Å². The molecule has 5 nitrogen and oxygen atoms in total. The first-order valence-corrected chi connectivity index (χ1v) is 9.66. The van der Waals surface area contributed by atoms with Crippen molar-refractivity contribution in [3.63, 3.8) is 0 Å². The molecule has 5 heteroatoms. The molecule has 1 unspecified atom stereocenters. The van der Waals surface area contributed by atoms with Crippen LogP contribution in [0.2, 0.25) is 0 Å². The number of rotatable bonds is 5. The van der Waals surface area contributed by atoms with Gasteiger partial charge in [-0.3, -0.25) is 14.3 Å². The van der Waals surface area contributed by atoms with Crippen molar-refractivity contribution in [2.75, 3.05) is 6.54 Å². The number of piperidine rings is 1. The normalized spacial score (nSPS) is 17.6. The average Bonchev–Trinajstić information content (AvgIpc) is 2.67. The summed E-state index contributed by atoms with van der Waals surface area (Å²) < 4.78 is 1.36.